The van der Waals surface area contributed by atoms with Gasteiger partial charge in [0.15, 0.2) is 0 Å². The maximum absolute atomic E-state index is 12.8. The minimum atomic E-state index is -0.808. The minimum Gasteiger partial charge on any atom is -0.465 e. The fourth-order valence-corrected chi connectivity index (χ4v) is 6.54. The van der Waals surface area contributed by atoms with Crippen LogP contribution in [0.4, 0.5) is 4.79 Å². The van der Waals surface area contributed by atoms with Gasteiger partial charge in [-0.15, -0.1) is 0 Å². The largest absolute Gasteiger partial charge is 0.465 e. The molecular weight excluding hydrogens is 368 g/mol. The average molecular weight is 403 g/mol. The van der Waals surface area contributed by atoms with Crippen molar-refractivity contribution in [2.45, 2.75) is 75.8 Å². The van der Waals surface area contributed by atoms with Crippen molar-refractivity contribution in [2.24, 2.45) is 17.8 Å². The third-order valence-corrected chi connectivity index (χ3v) is 7.89. The molecule has 3 unspecified atom stereocenters. The van der Waals surface area contributed by atoms with Gasteiger partial charge in [0.2, 0.25) is 5.91 Å². The Hall–Kier alpha value is -1.81. The van der Waals surface area contributed by atoms with Gasteiger partial charge >= 0.3 is 6.09 Å². The van der Waals surface area contributed by atoms with Crippen LogP contribution in [0.1, 0.15) is 64.2 Å². The van der Waals surface area contributed by atoms with Gasteiger partial charge < -0.3 is 20.2 Å². The maximum Gasteiger partial charge on any atom is 0.407 e. The molecule has 2 aliphatic carbocycles. The highest BCUT2D eigenvalue weighted by atomic mass is 16.4. The van der Waals surface area contributed by atoms with Crippen molar-refractivity contribution in [1.82, 2.24) is 15.1 Å². The summed E-state index contributed by atoms with van der Waals surface area (Å²) in [6, 6.07) is 1.99. The number of hydrogen-bond acceptors (Lipinski definition) is 4. The predicted octanol–water partition coefficient (Wildman–Crippen LogP) is 2.82. The van der Waals surface area contributed by atoms with Gasteiger partial charge in [0.25, 0.3) is 0 Å². The van der Waals surface area contributed by atoms with Gasteiger partial charge in [-0.25, -0.2) is 4.79 Å². The number of nitrogens with zero attached hydrogens (tertiary/aromatic N) is 3. The number of carbonyl (C=O) groups excluding carboxylic acids is 1. The van der Waals surface area contributed by atoms with Gasteiger partial charge in [-0.05, 0) is 49.9 Å². The molecule has 4 fully saturated rings. The van der Waals surface area contributed by atoms with E-state index >= 15 is 0 Å². The lowest BCUT2D eigenvalue weighted by Crippen LogP contribution is -2.51. The smallest absolute Gasteiger partial charge is 0.407 e. The molecule has 2 saturated carbocycles. The molecule has 3 atom stereocenters. The summed E-state index contributed by atoms with van der Waals surface area (Å²) < 4.78 is 0. The normalized spacial score (nSPS) is 34.9. The summed E-state index contributed by atoms with van der Waals surface area (Å²) in [5.74, 6) is 1.55. The summed E-state index contributed by atoms with van der Waals surface area (Å²) in [4.78, 5) is 27.5. The van der Waals surface area contributed by atoms with E-state index in [0.29, 0.717) is 43.9 Å². The Bertz CT molecular complexity index is 655. The van der Waals surface area contributed by atoms with Crippen LogP contribution < -0.4 is 5.32 Å². The van der Waals surface area contributed by atoms with Gasteiger partial charge in [0, 0.05) is 25.2 Å². The van der Waals surface area contributed by atoms with Crippen LogP contribution in [0, 0.1) is 29.1 Å². The molecule has 4 aliphatic rings. The van der Waals surface area contributed by atoms with Crippen molar-refractivity contribution < 1.29 is 14.7 Å². The third kappa shape index (κ3) is 4.37. The highest BCUT2D eigenvalue weighted by Gasteiger charge is 2.50. The molecule has 0 radical (unpaired) electrons. The van der Waals surface area contributed by atoms with E-state index in [1.165, 1.54) is 32.1 Å². The van der Waals surface area contributed by atoms with Crippen LogP contribution >= 0.6 is 0 Å². The second kappa shape index (κ2) is 8.51. The molecule has 0 aromatic heterocycles. The quantitative estimate of drug-likeness (QED) is 0.737. The second-order valence-corrected chi connectivity index (χ2v) is 9.83. The lowest BCUT2D eigenvalue weighted by molar-refractivity contribution is -0.130. The van der Waals surface area contributed by atoms with E-state index in [1.807, 2.05) is 0 Å². The molecule has 0 bridgehead atoms. The van der Waals surface area contributed by atoms with E-state index in [0.717, 1.165) is 32.1 Å². The van der Waals surface area contributed by atoms with Crippen LogP contribution in [0.5, 0.6) is 0 Å². The fraction of sp³-hybridized carbons (Fsp3) is 0.864. The van der Waals surface area contributed by atoms with Crippen molar-refractivity contribution in [1.29, 1.82) is 5.26 Å². The molecule has 7 nitrogen and oxygen atoms in total. The predicted molar refractivity (Wildman–Crippen MR) is 108 cm³/mol. The minimum absolute atomic E-state index is 0.0429. The first-order valence-corrected chi connectivity index (χ1v) is 11.4. The van der Waals surface area contributed by atoms with E-state index in [2.05, 4.69) is 11.4 Å². The molecule has 0 spiro atoms. The zero-order chi connectivity index (χ0) is 20.4. The number of carboxylic acid groups (broad SMARTS) is 1. The van der Waals surface area contributed by atoms with Crippen molar-refractivity contribution in [2.75, 3.05) is 26.2 Å². The number of amides is 2. The van der Waals surface area contributed by atoms with Crippen molar-refractivity contribution >= 4 is 12.0 Å². The summed E-state index contributed by atoms with van der Waals surface area (Å²) in [6.07, 6.45) is 10.4. The van der Waals surface area contributed by atoms with Crippen LogP contribution in [-0.4, -0.2) is 64.7 Å². The Morgan fingerprint density at radius 2 is 1.76 bits per heavy atom. The first kappa shape index (κ1) is 20.5. The summed E-state index contributed by atoms with van der Waals surface area (Å²) in [5, 5.41) is 22.3. The number of likely N-dealkylation sites (tertiary alicyclic amines) is 2. The summed E-state index contributed by atoms with van der Waals surface area (Å²) in [5.41, 5.74) is -0.0561. The SMILES string of the molecule is N#CC1CCCN1C(=O)CNC1(CC2CCCCC2)CC2CN(C(=O)O)CC2C1. The van der Waals surface area contributed by atoms with Gasteiger partial charge in [-0.3, -0.25) is 4.79 Å². The van der Waals surface area contributed by atoms with E-state index in [4.69, 9.17) is 0 Å². The standard InChI is InChI=1S/C22H34N4O3/c23-12-19-7-4-8-26(19)20(27)13-24-22(9-16-5-2-1-3-6-16)10-17-14-25(21(28)29)15-18(17)11-22/h16-19,24H,1-11,13-15H2,(H,28,29). The monoisotopic (exact) mass is 402 g/mol. The Morgan fingerprint density at radius 1 is 1.07 bits per heavy atom. The van der Waals surface area contributed by atoms with Gasteiger partial charge in [0.1, 0.15) is 6.04 Å². The lowest BCUT2D eigenvalue weighted by atomic mass is 9.77. The summed E-state index contributed by atoms with van der Waals surface area (Å²) >= 11 is 0. The molecule has 2 amide bonds. The van der Waals surface area contributed by atoms with Crippen molar-refractivity contribution in [3.63, 3.8) is 0 Å². The Labute approximate surface area is 173 Å². The molecule has 160 valence electrons. The average Bonchev–Trinajstić information content (AvgIpc) is 3.40. The second-order valence-electron chi connectivity index (χ2n) is 9.83. The first-order valence-electron chi connectivity index (χ1n) is 11.4. The van der Waals surface area contributed by atoms with Crippen LogP contribution in [0.25, 0.3) is 0 Å². The molecule has 2 saturated heterocycles. The Kier molecular flexibility index (Phi) is 6.00. The highest BCUT2D eigenvalue weighted by Crippen LogP contribution is 2.48. The molecule has 4 rings (SSSR count). The maximum atomic E-state index is 12.8. The van der Waals surface area contributed by atoms with Crippen molar-refractivity contribution in [3.05, 3.63) is 0 Å². The number of fused-ring (bicyclic) bond motifs is 1. The molecule has 7 heteroatoms. The summed E-state index contributed by atoms with van der Waals surface area (Å²) in [7, 11) is 0. The number of carbonyl (C=O) groups is 2. The number of rotatable bonds is 5. The molecular formula is C22H34N4O3. The van der Waals surface area contributed by atoms with Crippen molar-refractivity contribution in [3.8, 4) is 6.07 Å². The number of hydrogen-bond donors (Lipinski definition) is 2. The zero-order valence-electron chi connectivity index (χ0n) is 17.3. The molecule has 2 heterocycles. The van der Waals surface area contributed by atoms with E-state index < -0.39 is 6.09 Å². The third-order valence-electron chi connectivity index (χ3n) is 7.89. The van der Waals surface area contributed by atoms with E-state index in [-0.39, 0.29) is 17.5 Å². The summed E-state index contributed by atoms with van der Waals surface area (Å²) in [6.45, 7) is 2.25. The molecule has 2 aliphatic heterocycles. The van der Waals surface area contributed by atoms with Gasteiger partial charge in [-0.1, -0.05) is 32.1 Å². The van der Waals surface area contributed by atoms with Gasteiger partial charge in [0.05, 0.1) is 12.6 Å². The zero-order valence-corrected chi connectivity index (χ0v) is 17.3. The molecule has 0 aromatic rings. The van der Waals surface area contributed by atoms with Crippen LogP contribution in [-0.2, 0) is 4.79 Å². The molecule has 29 heavy (non-hydrogen) atoms. The first-order chi connectivity index (χ1) is 14.0. The Balaban J connectivity index is 1.41. The topological polar surface area (TPSA) is 96.7 Å². The van der Waals surface area contributed by atoms with E-state index in [9.17, 15) is 20.0 Å². The Morgan fingerprint density at radius 3 is 2.38 bits per heavy atom. The lowest BCUT2D eigenvalue weighted by Gasteiger charge is -2.37. The highest BCUT2D eigenvalue weighted by molar-refractivity contribution is 5.79. The van der Waals surface area contributed by atoms with Crippen LogP contribution in [0.15, 0.2) is 0 Å². The van der Waals surface area contributed by atoms with E-state index in [1.54, 1.807) is 9.80 Å². The molecule has 0 aromatic carbocycles. The molecule has 2 N–H and O–H groups in total. The fourth-order valence-electron chi connectivity index (χ4n) is 6.54. The van der Waals surface area contributed by atoms with Crippen LogP contribution in [0.2, 0.25) is 0 Å². The van der Waals surface area contributed by atoms with Crippen LogP contribution in [0.3, 0.4) is 0 Å². The number of nitriles is 1. The van der Waals surface area contributed by atoms with Gasteiger partial charge in [-0.2, -0.15) is 5.26 Å². The number of nitrogens with one attached hydrogen (secondary N) is 1.